The van der Waals surface area contributed by atoms with E-state index >= 15 is 0 Å². The topological polar surface area (TPSA) is 84.7 Å². The van der Waals surface area contributed by atoms with Crippen molar-refractivity contribution in [1.29, 1.82) is 0 Å². The van der Waals surface area contributed by atoms with Crippen molar-refractivity contribution in [3.63, 3.8) is 0 Å². The van der Waals surface area contributed by atoms with Gasteiger partial charge in [-0.25, -0.2) is 12.7 Å². The summed E-state index contributed by atoms with van der Waals surface area (Å²) in [5.74, 6) is -1.39. The highest BCUT2D eigenvalue weighted by Gasteiger charge is 2.39. The number of carbonyl (C=O) groups excluding carboxylic acids is 2. The summed E-state index contributed by atoms with van der Waals surface area (Å²) in [6.07, 6.45) is 1.26. The van der Waals surface area contributed by atoms with Crippen LogP contribution >= 0.6 is 0 Å². The van der Waals surface area contributed by atoms with Gasteiger partial charge in [0.15, 0.2) is 11.5 Å². The van der Waals surface area contributed by atoms with Crippen molar-refractivity contribution in [2.24, 2.45) is 0 Å². The number of carbonyl (C=O) groups is 2. The molecule has 0 atom stereocenters. The van der Waals surface area contributed by atoms with Gasteiger partial charge in [0.05, 0.1) is 11.2 Å². The van der Waals surface area contributed by atoms with Crippen molar-refractivity contribution in [2.45, 2.75) is 4.90 Å². The van der Waals surface area contributed by atoms with Crippen LogP contribution in [-0.2, 0) is 10.0 Å². The molecule has 0 saturated heterocycles. The molecule has 0 fully saturated rings. The highest BCUT2D eigenvalue weighted by atomic mass is 32.2. The number of hydrogen-bond donors (Lipinski definition) is 0. The Labute approximate surface area is 114 Å². The van der Waals surface area contributed by atoms with Crippen LogP contribution < -0.4 is 0 Å². The van der Waals surface area contributed by atoms with Gasteiger partial charge < -0.3 is 4.42 Å². The van der Waals surface area contributed by atoms with Gasteiger partial charge in [-0.15, -0.1) is 0 Å². The Morgan fingerprint density at radius 1 is 1.15 bits per heavy atom. The van der Waals surface area contributed by atoms with Gasteiger partial charge >= 0.3 is 5.91 Å². The summed E-state index contributed by atoms with van der Waals surface area (Å²) >= 11 is 0. The molecule has 102 valence electrons. The third kappa shape index (κ3) is 1.75. The van der Waals surface area contributed by atoms with E-state index < -0.39 is 28.3 Å². The Kier molecular flexibility index (Phi) is 2.72. The number of sulfonamides is 1. The van der Waals surface area contributed by atoms with Crippen molar-refractivity contribution < 1.29 is 22.4 Å². The lowest BCUT2D eigenvalue weighted by Crippen LogP contribution is -2.44. The maximum atomic E-state index is 12.4. The van der Waals surface area contributed by atoms with E-state index in [0.717, 1.165) is 0 Å². The molecule has 0 N–H and O–H groups in total. The number of ketones is 1. The summed E-state index contributed by atoms with van der Waals surface area (Å²) in [6.45, 7) is -0.515. The molecule has 7 heteroatoms. The Morgan fingerprint density at radius 3 is 2.60 bits per heavy atom. The Morgan fingerprint density at radius 2 is 1.90 bits per heavy atom. The zero-order chi connectivity index (χ0) is 14.3. The van der Waals surface area contributed by atoms with Gasteiger partial charge in [-0.3, -0.25) is 9.59 Å². The van der Waals surface area contributed by atoms with Crippen molar-refractivity contribution in [2.75, 3.05) is 6.54 Å². The minimum atomic E-state index is -4.04. The lowest BCUT2D eigenvalue weighted by molar-refractivity contribution is 0.0781. The minimum Gasteiger partial charge on any atom is -0.459 e. The van der Waals surface area contributed by atoms with Crippen LogP contribution in [0.4, 0.5) is 0 Å². The number of amides is 1. The Hall–Kier alpha value is -2.41. The number of fused-ring (bicyclic) bond motifs is 1. The second-order valence-corrected chi connectivity index (χ2v) is 6.04. The molecule has 1 aromatic heterocycles. The first-order valence-corrected chi connectivity index (χ1v) is 7.18. The zero-order valence-corrected chi connectivity index (χ0v) is 11.0. The van der Waals surface area contributed by atoms with Crippen molar-refractivity contribution in [3.8, 4) is 0 Å². The maximum Gasteiger partial charge on any atom is 0.303 e. The minimum absolute atomic E-state index is 0.107. The fourth-order valence-corrected chi connectivity index (χ4v) is 3.59. The van der Waals surface area contributed by atoms with Crippen LogP contribution in [0.2, 0.25) is 0 Å². The lowest BCUT2D eigenvalue weighted by atomic mass is 10.1. The van der Waals surface area contributed by atoms with Gasteiger partial charge in [-0.1, -0.05) is 12.1 Å². The fraction of sp³-hybridized carbons (Fsp3) is 0.0769. The molecule has 0 saturated carbocycles. The Bertz CT molecular complexity index is 792. The smallest absolute Gasteiger partial charge is 0.303 e. The molecule has 1 aliphatic rings. The number of Topliss-reactive ketones (excluding diaryl/α,β-unsaturated/α-hetero) is 1. The fourth-order valence-electron chi connectivity index (χ4n) is 2.05. The molecule has 6 nitrogen and oxygen atoms in total. The molecule has 1 amide bonds. The van der Waals surface area contributed by atoms with Gasteiger partial charge in [-0.2, -0.15) is 0 Å². The van der Waals surface area contributed by atoms with Crippen LogP contribution in [0, 0.1) is 0 Å². The van der Waals surface area contributed by atoms with Crippen LogP contribution in [0.1, 0.15) is 20.9 Å². The monoisotopic (exact) mass is 291 g/mol. The third-order valence-corrected chi connectivity index (χ3v) is 4.79. The summed E-state index contributed by atoms with van der Waals surface area (Å²) in [5, 5.41) is 0. The molecule has 0 bridgehead atoms. The van der Waals surface area contributed by atoms with Crippen LogP contribution in [0.5, 0.6) is 0 Å². The van der Waals surface area contributed by atoms with Crippen molar-refractivity contribution >= 4 is 21.7 Å². The molecule has 0 radical (unpaired) electrons. The molecular weight excluding hydrogens is 282 g/mol. The van der Waals surface area contributed by atoms with E-state index in [1.165, 1.54) is 36.6 Å². The average molecular weight is 291 g/mol. The van der Waals surface area contributed by atoms with E-state index in [4.69, 9.17) is 4.42 Å². The van der Waals surface area contributed by atoms with E-state index in [9.17, 15) is 18.0 Å². The molecule has 0 spiro atoms. The molecule has 1 aliphatic heterocycles. The van der Waals surface area contributed by atoms with Crippen LogP contribution in [-0.4, -0.2) is 31.0 Å². The number of benzene rings is 1. The average Bonchev–Trinajstić information content (AvgIpc) is 2.96. The first-order valence-electron chi connectivity index (χ1n) is 5.74. The quantitative estimate of drug-likeness (QED) is 0.790. The van der Waals surface area contributed by atoms with Gasteiger partial charge in [0.1, 0.15) is 6.54 Å². The number of furan rings is 1. The van der Waals surface area contributed by atoms with Crippen LogP contribution in [0.25, 0.3) is 0 Å². The summed E-state index contributed by atoms with van der Waals surface area (Å²) in [5.41, 5.74) is 0.107. The van der Waals surface area contributed by atoms with Crippen LogP contribution in [0.3, 0.4) is 0 Å². The summed E-state index contributed by atoms with van der Waals surface area (Å²) < 4.78 is 30.2. The largest absolute Gasteiger partial charge is 0.459 e. The SMILES string of the molecule is O=C1CN(C(=O)c2ccco2)S(=O)(=O)c2ccccc21. The first kappa shape index (κ1) is 12.6. The van der Waals surface area contributed by atoms with Crippen LogP contribution in [0.15, 0.2) is 52.0 Å². The molecule has 1 aromatic carbocycles. The highest BCUT2D eigenvalue weighted by molar-refractivity contribution is 7.90. The predicted octanol–water partition coefficient (Wildman–Crippen LogP) is 1.31. The van der Waals surface area contributed by atoms with E-state index in [0.29, 0.717) is 4.31 Å². The third-order valence-electron chi connectivity index (χ3n) is 3.00. The summed E-state index contributed by atoms with van der Waals surface area (Å²) in [7, 11) is -4.04. The van der Waals surface area contributed by atoms with Gasteiger partial charge in [0.25, 0.3) is 10.0 Å². The summed E-state index contributed by atoms with van der Waals surface area (Å²) in [4.78, 5) is 23.9. The number of hydrogen-bond acceptors (Lipinski definition) is 5. The van der Waals surface area contributed by atoms with Crippen molar-refractivity contribution in [3.05, 3.63) is 54.0 Å². The Balaban J connectivity index is 2.13. The normalized spacial score (nSPS) is 16.8. The number of nitrogens with zero attached hydrogens (tertiary/aromatic N) is 1. The van der Waals surface area contributed by atoms with E-state index in [-0.39, 0.29) is 16.2 Å². The first-order chi connectivity index (χ1) is 9.51. The molecule has 20 heavy (non-hydrogen) atoms. The van der Waals surface area contributed by atoms with E-state index in [1.807, 2.05) is 0 Å². The molecular formula is C13H9NO5S. The maximum absolute atomic E-state index is 12.4. The lowest BCUT2D eigenvalue weighted by Gasteiger charge is -2.26. The summed E-state index contributed by atoms with van der Waals surface area (Å²) in [6, 6.07) is 8.65. The predicted molar refractivity (Wildman–Crippen MR) is 67.7 cm³/mol. The molecule has 2 heterocycles. The second-order valence-electron chi connectivity index (χ2n) is 4.21. The molecule has 2 aromatic rings. The zero-order valence-electron chi connectivity index (χ0n) is 10.1. The second kappa shape index (κ2) is 4.31. The van der Waals surface area contributed by atoms with Gasteiger partial charge in [-0.05, 0) is 24.3 Å². The molecule has 0 unspecified atom stereocenters. The molecule has 3 rings (SSSR count). The molecule has 0 aliphatic carbocycles. The van der Waals surface area contributed by atoms with Gasteiger partial charge in [0.2, 0.25) is 0 Å². The van der Waals surface area contributed by atoms with E-state index in [2.05, 4.69) is 0 Å². The highest BCUT2D eigenvalue weighted by Crippen LogP contribution is 2.27. The van der Waals surface area contributed by atoms with E-state index in [1.54, 1.807) is 6.07 Å². The van der Waals surface area contributed by atoms with Crippen molar-refractivity contribution in [1.82, 2.24) is 4.31 Å². The standard InChI is InChI=1S/C13H9NO5S/c15-10-8-14(13(16)11-5-3-7-19-11)20(17,18)12-6-2-1-4-9(10)12/h1-7H,8H2. The number of rotatable bonds is 1. The van der Waals surface area contributed by atoms with Gasteiger partial charge in [0, 0.05) is 5.56 Å².